The SMILES string of the molecule is c1ccc(-c2ccc(N(c3ccc4c(c3)C35c6ccccc6-c6cccc(c63)-c3cccc-4c35)c3ccc4ccccc4c3)cc2)cc1. The molecule has 0 N–H and O–H groups in total. The van der Waals surface area contributed by atoms with Gasteiger partial charge in [-0.15, -0.1) is 0 Å². The second-order valence-corrected chi connectivity index (χ2v) is 13.3. The van der Waals surface area contributed by atoms with Crippen LogP contribution in [0.2, 0.25) is 0 Å². The van der Waals surface area contributed by atoms with Gasteiger partial charge >= 0.3 is 0 Å². The number of benzene rings is 8. The zero-order valence-electron chi connectivity index (χ0n) is 26.2. The third-order valence-corrected chi connectivity index (χ3v) is 11.0. The average molecular weight is 608 g/mol. The van der Waals surface area contributed by atoms with Crippen LogP contribution < -0.4 is 4.90 Å². The van der Waals surface area contributed by atoms with Crippen molar-refractivity contribution in [3.8, 4) is 44.5 Å². The summed E-state index contributed by atoms with van der Waals surface area (Å²) in [6.07, 6.45) is 0. The molecule has 0 bridgehead atoms. The van der Waals surface area contributed by atoms with Gasteiger partial charge in [-0.1, -0.05) is 140 Å². The Balaban J connectivity index is 1.17. The van der Waals surface area contributed by atoms with Crippen LogP contribution in [0.4, 0.5) is 17.1 Å². The molecule has 3 aliphatic rings. The van der Waals surface area contributed by atoms with Crippen LogP contribution in [0.1, 0.15) is 22.3 Å². The van der Waals surface area contributed by atoms with E-state index in [4.69, 9.17) is 0 Å². The van der Waals surface area contributed by atoms with E-state index in [2.05, 4.69) is 181 Å². The molecule has 0 radical (unpaired) electrons. The summed E-state index contributed by atoms with van der Waals surface area (Å²) >= 11 is 0. The molecule has 11 rings (SSSR count). The lowest BCUT2D eigenvalue weighted by atomic mass is 9.73. The summed E-state index contributed by atoms with van der Waals surface area (Å²) in [6.45, 7) is 0. The monoisotopic (exact) mass is 607 g/mol. The smallest absolute Gasteiger partial charge is 0.0738 e. The van der Waals surface area contributed by atoms with E-state index in [0.717, 1.165) is 17.1 Å². The van der Waals surface area contributed by atoms with Crippen LogP contribution in [-0.2, 0) is 5.41 Å². The Morgan fingerprint density at radius 1 is 0.312 bits per heavy atom. The highest BCUT2D eigenvalue weighted by molar-refractivity contribution is 6.06. The average Bonchev–Trinajstić information content (AvgIpc) is 3.75. The van der Waals surface area contributed by atoms with Gasteiger partial charge in [-0.25, -0.2) is 0 Å². The van der Waals surface area contributed by atoms with E-state index in [9.17, 15) is 0 Å². The van der Waals surface area contributed by atoms with E-state index in [1.807, 2.05) is 0 Å². The molecule has 48 heavy (non-hydrogen) atoms. The van der Waals surface area contributed by atoms with E-state index in [1.54, 1.807) is 0 Å². The maximum atomic E-state index is 2.49. The zero-order chi connectivity index (χ0) is 31.4. The fraction of sp³-hybridized carbons (Fsp3) is 0.0213. The molecule has 0 aromatic heterocycles. The highest BCUT2D eigenvalue weighted by atomic mass is 15.1. The third-order valence-electron chi connectivity index (χ3n) is 11.0. The predicted molar refractivity (Wildman–Crippen MR) is 199 cm³/mol. The standard InChI is InChI=1S/C47H29N/c1-2-10-30(11-3-1)32-20-23-34(24-21-32)48(35-25-22-31-12-4-5-13-33(31)28-35)36-26-27-38-40-16-9-18-42-41-17-8-15-39-37-14-6-7-19-43(37)47(45(39)41,46(40)42)44(38)29-36/h1-29H. The van der Waals surface area contributed by atoms with Crippen molar-refractivity contribution < 1.29 is 0 Å². The molecule has 1 atom stereocenters. The topological polar surface area (TPSA) is 3.24 Å². The van der Waals surface area contributed by atoms with E-state index >= 15 is 0 Å². The normalized spacial score (nSPS) is 15.6. The Morgan fingerprint density at radius 2 is 0.833 bits per heavy atom. The van der Waals surface area contributed by atoms with E-state index in [1.165, 1.54) is 77.5 Å². The molecule has 0 saturated heterocycles. The first-order valence-corrected chi connectivity index (χ1v) is 16.8. The molecule has 0 heterocycles. The molecule has 3 aliphatic carbocycles. The number of hydrogen-bond donors (Lipinski definition) is 0. The first-order chi connectivity index (χ1) is 23.8. The Labute approximate surface area is 280 Å². The lowest BCUT2D eigenvalue weighted by molar-refractivity contribution is 0.818. The van der Waals surface area contributed by atoms with Gasteiger partial charge in [-0.3, -0.25) is 0 Å². The Kier molecular flexibility index (Phi) is 5.10. The van der Waals surface area contributed by atoms with Crippen LogP contribution in [0.15, 0.2) is 176 Å². The summed E-state index contributed by atoms with van der Waals surface area (Å²) in [5.41, 5.74) is 19.4. The summed E-state index contributed by atoms with van der Waals surface area (Å²) in [5, 5.41) is 2.48. The van der Waals surface area contributed by atoms with Gasteiger partial charge in [0.15, 0.2) is 0 Å². The van der Waals surface area contributed by atoms with Crippen LogP contribution in [0.25, 0.3) is 55.3 Å². The fourth-order valence-electron chi connectivity index (χ4n) is 9.08. The zero-order valence-corrected chi connectivity index (χ0v) is 26.2. The molecule has 0 fully saturated rings. The van der Waals surface area contributed by atoms with Gasteiger partial charge in [0.1, 0.15) is 0 Å². The van der Waals surface area contributed by atoms with E-state index in [0.29, 0.717) is 0 Å². The van der Waals surface area contributed by atoms with E-state index in [-0.39, 0.29) is 5.41 Å². The van der Waals surface area contributed by atoms with Gasteiger partial charge in [0.05, 0.1) is 5.41 Å². The largest absolute Gasteiger partial charge is 0.310 e. The molecule has 8 aromatic rings. The third kappa shape index (κ3) is 3.25. The van der Waals surface area contributed by atoms with E-state index < -0.39 is 0 Å². The molecule has 1 nitrogen and oxygen atoms in total. The molecule has 222 valence electrons. The fourth-order valence-corrected chi connectivity index (χ4v) is 9.08. The van der Waals surface area contributed by atoms with Crippen LogP contribution in [0.3, 0.4) is 0 Å². The Bertz CT molecular complexity index is 2580. The summed E-state index contributed by atoms with van der Waals surface area (Å²) < 4.78 is 0. The maximum Gasteiger partial charge on any atom is 0.0738 e. The summed E-state index contributed by atoms with van der Waals surface area (Å²) in [5.74, 6) is 0. The number of hydrogen-bond acceptors (Lipinski definition) is 1. The first-order valence-electron chi connectivity index (χ1n) is 16.8. The van der Waals surface area contributed by atoms with Crippen LogP contribution in [0, 0.1) is 0 Å². The minimum Gasteiger partial charge on any atom is -0.310 e. The summed E-state index contributed by atoms with van der Waals surface area (Å²) in [4.78, 5) is 2.44. The van der Waals surface area contributed by atoms with Crippen LogP contribution in [0.5, 0.6) is 0 Å². The molecule has 0 saturated carbocycles. The van der Waals surface area contributed by atoms with Crippen LogP contribution >= 0.6 is 0 Å². The molecule has 1 heteroatoms. The minimum absolute atomic E-state index is 0.313. The number of anilines is 3. The minimum atomic E-state index is -0.313. The second kappa shape index (κ2) is 9.44. The molecular weight excluding hydrogens is 579 g/mol. The summed E-state index contributed by atoms with van der Waals surface area (Å²) in [6, 6.07) is 65.2. The van der Waals surface area contributed by atoms with Gasteiger partial charge in [-0.2, -0.15) is 0 Å². The Hall–Kier alpha value is -6.18. The predicted octanol–water partition coefficient (Wildman–Crippen LogP) is 12.3. The molecule has 8 aromatic carbocycles. The number of rotatable bonds is 4. The quantitative estimate of drug-likeness (QED) is 0.192. The van der Waals surface area contributed by atoms with Crippen molar-refractivity contribution in [2.45, 2.75) is 5.41 Å². The van der Waals surface area contributed by atoms with Crippen molar-refractivity contribution in [2.75, 3.05) is 4.90 Å². The van der Waals surface area contributed by atoms with Gasteiger partial charge < -0.3 is 4.90 Å². The lowest BCUT2D eigenvalue weighted by Gasteiger charge is -2.30. The maximum absolute atomic E-state index is 2.49. The lowest BCUT2D eigenvalue weighted by Crippen LogP contribution is -2.23. The van der Waals surface area contributed by atoms with Crippen molar-refractivity contribution in [1.29, 1.82) is 0 Å². The second-order valence-electron chi connectivity index (χ2n) is 13.3. The molecular formula is C47H29N. The highest BCUT2D eigenvalue weighted by Gasteiger charge is 2.57. The molecule has 1 unspecified atom stereocenters. The highest BCUT2D eigenvalue weighted by Crippen LogP contribution is 2.70. The Morgan fingerprint density at radius 3 is 1.58 bits per heavy atom. The first kappa shape index (κ1) is 25.9. The van der Waals surface area contributed by atoms with Crippen LogP contribution in [-0.4, -0.2) is 0 Å². The van der Waals surface area contributed by atoms with Gasteiger partial charge in [0, 0.05) is 17.1 Å². The molecule has 1 spiro atoms. The van der Waals surface area contributed by atoms with Gasteiger partial charge in [-0.05, 0) is 114 Å². The number of nitrogens with zero attached hydrogens (tertiary/aromatic N) is 1. The molecule has 0 amide bonds. The summed E-state index contributed by atoms with van der Waals surface area (Å²) in [7, 11) is 0. The number of fused-ring (bicyclic) bond motifs is 6. The van der Waals surface area contributed by atoms with Crippen molar-refractivity contribution >= 4 is 27.8 Å². The van der Waals surface area contributed by atoms with Crippen molar-refractivity contribution in [3.63, 3.8) is 0 Å². The molecule has 0 aliphatic heterocycles. The van der Waals surface area contributed by atoms with Crippen molar-refractivity contribution in [2.24, 2.45) is 0 Å². The van der Waals surface area contributed by atoms with Gasteiger partial charge in [0.2, 0.25) is 0 Å². The van der Waals surface area contributed by atoms with Gasteiger partial charge in [0.25, 0.3) is 0 Å². The van der Waals surface area contributed by atoms with Crippen molar-refractivity contribution in [1.82, 2.24) is 0 Å². The van der Waals surface area contributed by atoms with Crippen molar-refractivity contribution in [3.05, 3.63) is 198 Å².